The second kappa shape index (κ2) is 5.01. The fourth-order valence-corrected chi connectivity index (χ4v) is 1.22. The van der Waals surface area contributed by atoms with Crippen molar-refractivity contribution in [3.63, 3.8) is 0 Å². The Bertz CT molecular complexity index is 392. The van der Waals surface area contributed by atoms with E-state index < -0.39 is 0 Å². The van der Waals surface area contributed by atoms with Gasteiger partial charge in [-0.3, -0.25) is 0 Å². The number of hydrogen-bond acceptors (Lipinski definition) is 4. The van der Waals surface area contributed by atoms with Crippen molar-refractivity contribution in [3.8, 4) is 6.07 Å². The molecule has 0 aromatic carbocycles. The van der Waals surface area contributed by atoms with E-state index >= 15 is 0 Å². The molecule has 0 saturated heterocycles. The number of anilines is 2. The van der Waals surface area contributed by atoms with Crippen molar-refractivity contribution < 1.29 is 0 Å². The van der Waals surface area contributed by atoms with Gasteiger partial charge in [0, 0.05) is 6.04 Å². The maximum Gasteiger partial charge on any atom is 0.144 e. The van der Waals surface area contributed by atoms with Crippen molar-refractivity contribution in [3.05, 3.63) is 30.5 Å². The van der Waals surface area contributed by atoms with Gasteiger partial charge < -0.3 is 11.1 Å². The number of nitrogens with one attached hydrogen (secondary N) is 1. The monoisotopic (exact) mass is 202 g/mol. The van der Waals surface area contributed by atoms with Crippen LogP contribution < -0.4 is 11.1 Å². The van der Waals surface area contributed by atoms with Gasteiger partial charge in [0.2, 0.25) is 0 Å². The van der Waals surface area contributed by atoms with Crippen molar-refractivity contribution in [1.82, 2.24) is 4.98 Å². The Hall–Kier alpha value is -2.02. The minimum absolute atomic E-state index is 0.200. The molecule has 1 unspecified atom stereocenters. The molecule has 0 aliphatic heterocycles. The van der Waals surface area contributed by atoms with Crippen LogP contribution in [-0.2, 0) is 0 Å². The highest BCUT2D eigenvalue weighted by atomic mass is 15.0. The average molecular weight is 202 g/mol. The summed E-state index contributed by atoms with van der Waals surface area (Å²) in [4.78, 5) is 4.08. The summed E-state index contributed by atoms with van der Waals surface area (Å²) in [5.74, 6) is 0.570. The van der Waals surface area contributed by atoms with Crippen LogP contribution in [0.1, 0.15) is 18.9 Å². The number of nitrogens with two attached hydrogens (primary N) is 1. The third-order valence-electron chi connectivity index (χ3n) is 1.93. The first-order valence-electron chi connectivity index (χ1n) is 4.70. The molecular formula is C11H14N4. The van der Waals surface area contributed by atoms with Gasteiger partial charge in [0.05, 0.1) is 17.4 Å². The molecule has 0 radical (unpaired) electrons. The quantitative estimate of drug-likeness (QED) is 0.731. The molecule has 1 aromatic rings. The molecule has 78 valence electrons. The Morgan fingerprint density at radius 2 is 2.53 bits per heavy atom. The van der Waals surface area contributed by atoms with Crippen LogP contribution in [0.4, 0.5) is 11.5 Å². The Kier molecular flexibility index (Phi) is 3.69. The highest BCUT2D eigenvalue weighted by Gasteiger charge is 2.06. The number of rotatable bonds is 4. The summed E-state index contributed by atoms with van der Waals surface area (Å²) < 4.78 is 0. The summed E-state index contributed by atoms with van der Waals surface area (Å²) in [6.45, 7) is 5.65. The lowest BCUT2D eigenvalue weighted by atomic mass is 10.2. The van der Waals surface area contributed by atoms with E-state index in [9.17, 15) is 0 Å². The lowest BCUT2D eigenvalue weighted by molar-refractivity contribution is 0.807. The molecule has 1 atom stereocenters. The third kappa shape index (κ3) is 2.99. The summed E-state index contributed by atoms with van der Waals surface area (Å²) in [6.07, 6.45) is 4.17. The zero-order chi connectivity index (χ0) is 11.3. The van der Waals surface area contributed by atoms with E-state index in [4.69, 9.17) is 11.0 Å². The minimum atomic E-state index is 0.200. The van der Waals surface area contributed by atoms with E-state index in [2.05, 4.69) is 22.9 Å². The Morgan fingerprint density at radius 3 is 3.13 bits per heavy atom. The second-order valence-electron chi connectivity index (χ2n) is 3.35. The van der Waals surface area contributed by atoms with Gasteiger partial charge >= 0.3 is 0 Å². The smallest absolute Gasteiger partial charge is 0.144 e. The molecule has 0 amide bonds. The fraction of sp³-hybridized carbons (Fsp3) is 0.273. The highest BCUT2D eigenvalue weighted by Crippen LogP contribution is 2.15. The molecular weight excluding hydrogens is 188 g/mol. The number of nitrogen functional groups attached to an aromatic ring is 1. The Labute approximate surface area is 89.4 Å². The van der Waals surface area contributed by atoms with Gasteiger partial charge in [-0.25, -0.2) is 4.98 Å². The molecule has 4 nitrogen and oxygen atoms in total. The van der Waals surface area contributed by atoms with Gasteiger partial charge in [-0.2, -0.15) is 5.26 Å². The number of aromatic nitrogens is 1. The van der Waals surface area contributed by atoms with Gasteiger partial charge in [-0.15, -0.1) is 6.58 Å². The van der Waals surface area contributed by atoms with E-state index in [1.165, 1.54) is 6.20 Å². The molecule has 0 spiro atoms. The standard InChI is InChI=1S/C11H14N4/c1-3-4-8(2)15-11-9(6-12)5-10(13)7-14-11/h3,5,7-8H,1,4,13H2,2H3,(H,14,15). The van der Waals surface area contributed by atoms with Crippen molar-refractivity contribution in [2.45, 2.75) is 19.4 Å². The lowest BCUT2D eigenvalue weighted by Crippen LogP contribution is -2.16. The largest absolute Gasteiger partial charge is 0.397 e. The maximum atomic E-state index is 8.88. The molecule has 0 saturated carbocycles. The molecule has 3 N–H and O–H groups in total. The van der Waals surface area contributed by atoms with Crippen LogP contribution in [0.2, 0.25) is 0 Å². The molecule has 0 bridgehead atoms. The number of nitriles is 1. The number of hydrogen-bond donors (Lipinski definition) is 2. The van der Waals surface area contributed by atoms with Gasteiger partial charge in [0.1, 0.15) is 11.9 Å². The van der Waals surface area contributed by atoms with Crippen LogP contribution in [0.3, 0.4) is 0 Å². The van der Waals surface area contributed by atoms with Crippen molar-refractivity contribution in [2.75, 3.05) is 11.1 Å². The van der Waals surface area contributed by atoms with E-state index in [0.717, 1.165) is 6.42 Å². The number of nitrogens with zero attached hydrogens (tertiary/aromatic N) is 2. The Balaban J connectivity index is 2.85. The number of pyridine rings is 1. The highest BCUT2D eigenvalue weighted by molar-refractivity contribution is 5.57. The summed E-state index contributed by atoms with van der Waals surface area (Å²) in [5, 5.41) is 12.0. The Morgan fingerprint density at radius 1 is 1.80 bits per heavy atom. The average Bonchev–Trinajstić information content (AvgIpc) is 2.21. The summed E-state index contributed by atoms with van der Waals surface area (Å²) in [6, 6.07) is 3.86. The van der Waals surface area contributed by atoms with E-state index in [0.29, 0.717) is 17.1 Å². The molecule has 1 aromatic heterocycles. The summed E-state index contributed by atoms with van der Waals surface area (Å²) in [5.41, 5.74) is 6.49. The molecule has 1 rings (SSSR count). The maximum absolute atomic E-state index is 8.88. The van der Waals surface area contributed by atoms with E-state index in [1.807, 2.05) is 13.0 Å². The summed E-state index contributed by atoms with van der Waals surface area (Å²) >= 11 is 0. The van der Waals surface area contributed by atoms with E-state index in [-0.39, 0.29) is 6.04 Å². The van der Waals surface area contributed by atoms with Crippen LogP contribution in [-0.4, -0.2) is 11.0 Å². The van der Waals surface area contributed by atoms with Gasteiger partial charge in [0.25, 0.3) is 0 Å². The first-order valence-corrected chi connectivity index (χ1v) is 4.70. The molecule has 0 aliphatic rings. The van der Waals surface area contributed by atoms with Gasteiger partial charge in [0.15, 0.2) is 0 Å². The molecule has 1 heterocycles. The van der Waals surface area contributed by atoms with Crippen LogP contribution in [0.5, 0.6) is 0 Å². The van der Waals surface area contributed by atoms with Gasteiger partial charge in [-0.1, -0.05) is 6.08 Å². The molecule has 4 heteroatoms. The minimum Gasteiger partial charge on any atom is -0.397 e. The zero-order valence-electron chi connectivity index (χ0n) is 8.70. The third-order valence-corrected chi connectivity index (χ3v) is 1.93. The first kappa shape index (κ1) is 11.1. The molecule has 0 fully saturated rings. The fourth-order valence-electron chi connectivity index (χ4n) is 1.22. The van der Waals surface area contributed by atoms with Crippen LogP contribution in [0.15, 0.2) is 24.9 Å². The second-order valence-corrected chi connectivity index (χ2v) is 3.35. The normalized spacial score (nSPS) is 11.5. The summed E-state index contributed by atoms with van der Waals surface area (Å²) in [7, 11) is 0. The van der Waals surface area contributed by atoms with Crippen molar-refractivity contribution in [2.24, 2.45) is 0 Å². The molecule has 15 heavy (non-hydrogen) atoms. The van der Waals surface area contributed by atoms with Crippen LogP contribution in [0, 0.1) is 11.3 Å². The predicted octanol–water partition coefficient (Wildman–Crippen LogP) is 1.91. The van der Waals surface area contributed by atoms with Crippen molar-refractivity contribution in [1.29, 1.82) is 5.26 Å². The SMILES string of the molecule is C=CCC(C)Nc1ncc(N)cc1C#N. The first-order chi connectivity index (χ1) is 7.17. The zero-order valence-corrected chi connectivity index (χ0v) is 8.70. The van der Waals surface area contributed by atoms with Crippen molar-refractivity contribution >= 4 is 11.5 Å². The van der Waals surface area contributed by atoms with E-state index in [1.54, 1.807) is 6.07 Å². The lowest BCUT2D eigenvalue weighted by Gasteiger charge is -2.13. The molecule has 0 aliphatic carbocycles. The van der Waals surface area contributed by atoms with Crippen LogP contribution >= 0.6 is 0 Å². The van der Waals surface area contributed by atoms with Gasteiger partial charge in [-0.05, 0) is 19.4 Å². The van der Waals surface area contributed by atoms with Crippen LogP contribution in [0.25, 0.3) is 0 Å². The predicted molar refractivity (Wildman–Crippen MR) is 61.3 cm³/mol. The topological polar surface area (TPSA) is 74.7 Å².